The summed E-state index contributed by atoms with van der Waals surface area (Å²) in [7, 11) is 2.06. The minimum Gasteiger partial charge on any atom is -0.351 e. The summed E-state index contributed by atoms with van der Waals surface area (Å²) in [4.78, 5) is 15.7. The second-order valence-corrected chi connectivity index (χ2v) is 6.90. The Bertz CT molecular complexity index is 518. The smallest absolute Gasteiger partial charge is 0.150 e. The van der Waals surface area contributed by atoms with Crippen molar-refractivity contribution in [1.82, 2.24) is 9.80 Å². The average Bonchev–Trinajstić information content (AvgIpc) is 2.85. The Morgan fingerprint density at radius 3 is 2.30 bits per heavy atom. The SMILES string of the molecule is CCCc1ccc(CCN2C=CN(C)C2SCC(C)=O)cc1.Cl. The maximum atomic E-state index is 11.2. The molecule has 1 aliphatic rings. The fourth-order valence-electron chi connectivity index (χ4n) is 2.58. The molecule has 0 aromatic heterocycles. The highest BCUT2D eigenvalue weighted by Gasteiger charge is 2.23. The van der Waals surface area contributed by atoms with E-state index >= 15 is 0 Å². The molecule has 1 atom stereocenters. The van der Waals surface area contributed by atoms with Gasteiger partial charge in [-0.25, -0.2) is 0 Å². The molecule has 0 saturated heterocycles. The molecule has 1 unspecified atom stereocenters. The summed E-state index contributed by atoms with van der Waals surface area (Å²) in [5, 5.41) is 0. The lowest BCUT2D eigenvalue weighted by molar-refractivity contribution is -0.114. The molecule has 2 rings (SSSR count). The van der Waals surface area contributed by atoms with Gasteiger partial charge in [0.15, 0.2) is 0 Å². The Morgan fingerprint density at radius 1 is 1.13 bits per heavy atom. The monoisotopic (exact) mass is 354 g/mol. The molecule has 0 radical (unpaired) electrons. The summed E-state index contributed by atoms with van der Waals surface area (Å²) >= 11 is 1.69. The normalized spacial score (nSPS) is 16.6. The number of thioether (sulfide) groups is 1. The van der Waals surface area contributed by atoms with Crippen LogP contribution in [0.25, 0.3) is 0 Å². The van der Waals surface area contributed by atoms with Gasteiger partial charge in [-0.2, -0.15) is 0 Å². The van der Waals surface area contributed by atoms with E-state index in [1.807, 2.05) is 0 Å². The van der Waals surface area contributed by atoms with Crippen LogP contribution in [-0.2, 0) is 17.6 Å². The van der Waals surface area contributed by atoms with Crippen molar-refractivity contribution in [2.24, 2.45) is 0 Å². The lowest BCUT2D eigenvalue weighted by atomic mass is 10.1. The summed E-state index contributed by atoms with van der Waals surface area (Å²) in [6, 6.07) is 8.97. The number of rotatable bonds is 8. The Hall–Kier alpha value is -1.13. The van der Waals surface area contributed by atoms with Crippen LogP contribution in [0, 0.1) is 0 Å². The van der Waals surface area contributed by atoms with Crippen LogP contribution in [0.4, 0.5) is 0 Å². The molecule has 1 aliphatic heterocycles. The van der Waals surface area contributed by atoms with E-state index < -0.39 is 0 Å². The Morgan fingerprint density at radius 2 is 1.74 bits per heavy atom. The number of Topliss-reactive ketones (excluding diaryl/α,β-unsaturated/α-hetero) is 1. The molecule has 0 amide bonds. The predicted octanol–water partition coefficient (Wildman–Crippen LogP) is 3.93. The van der Waals surface area contributed by atoms with Crippen molar-refractivity contribution in [3.63, 3.8) is 0 Å². The topological polar surface area (TPSA) is 23.6 Å². The van der Waals surface area contributed by atoms with E-state index in [2.05, 4.69) is 60.4 Å². The highest BCUT2D eigenvalue weighted by molar-refractivity contribution is 8.00. The van der Waals surface area contributed by atoms with Crippen molar-refractivity contribution in [1.29, 1.82) is 0 Å². The van der Waals surface area contributed by atoms with Crippen molar-refractivity contribution >= 4 is 30.0 Å². The van der Waals surface area contributed by atoms with E-state index in [9.17, 15) is 4.79 Å². The van der Waals surface area contributed by atoms with Gasteiger partial charge in [-0.3, -0.25) is 4.79 Å². The van der Waals surface area contributed by atoms with E-state index in [4.69, 9.17) is 0 Å². The van der Waals surface area contributed by atoms with E-state index in [-0.39, 0.29) is 23.7 Å². The maximum Gasteiger partial charge on any atom is 0.150 e. The van der Waals surface area contributed by atoms with E-state index in [1.165, 1.54) is 17.5 Å². The number of ketones is 1. The van der Waals surface area contributed by atoms with Crippen LogP contribution in [0.5, 0.6) is 0 Å². The van der Waals surface area contributed by atoms with Crippen molar-refractivity contribution in [3.8, 4) is 0 Å². The van der Waals surface area contributed by atoms with Gasteiger partial charge in [-0.1, -0.05) is 37.6 Å². The molecule has 0 fully saturated rings. The first-order chi connectivity index (χ1) is 10.6. The molecule has 128 valence electrons. The largest absolute Gasteiger partial charge is 0.351 e. The summed E-state index contributed by atoms with van der Waals surface area (Å²) in [6.07, 6.45) is 7.59. The molecule has 3 nitrogen and oxygen atoms in total. The molecular formula is C18H27ClN2OS. The van der Waals surface area contributed by atoms with E-state index in [1.54, 1.807) is 18.7 Å². The standard InChI is InChI=1S/C18H26N2OS.ClH/c1-4-5-16-6-8-17(9-7-16)10-11-20-13-12-19(3)18(20)22-14-15(2)21;/h6-9,12-13,18H,4-5,10-11,14H2,1-3H3;1H. The van der Waals surface area contributed by atoms with Crippen molar-refractivity contribution in [2.45, 2.75) is 38.6 Å². The zero-order valence-corrected chi connectivity index (χ0v) is 15.8. The van der Waals surface area contributed by atoms with Crippen molar-refractivity contribution < 1.29 is 4.79 Å². The summed E-state index contributed by atoms with van der Waals surface area (Å²) in [5.41, 5.74) is 3.03. The van der Waals surface area contributed by atoms with Gasteiger partial charge in [-0.05, 0) is 30.9 Å². The third kappa shape index (κ3) is 6.11. The van der Waals surface area contributed by atoms with Crippen LogP contribution in [0.15, 0.2) is 36.7 Å². The Balaban J connectivity index is 0.00000264. The first-order valence-corrected chi connectivity index (χ1v) is 9.00. The fraction of sp³-hybridized carbons (Fsp3) is 0.500. The zero-order chi connectivity index (χ0) is 15.9. The molecule has 1 aromatic rings. The van der Waals surface area contributed by atoms with Crippen molar-refractivity contribution in [2.75, 3.05) is 19.3 Å². The highest BCUT2D eigenvalue weighted by Crippen LogP contribution is 2.25. The Labute approximate surface area is 150 Å². The van der Waals surface area contributed by atoms with Gasteiger partial charge in [0, 0.05) is 26.0 Å². The van der Waals surface area contributed by atoms with Gasteiger partial charge in [0.1, 0.15) is 11.3 Å². The van der Waals surface area contributed by atoms with Gasteiger partial charge >= 0.3 is 0 Å². The second-order valence-electron chi connectivity index (χ2n) is 5.86. The number of aryl methyl sites for hydroxylation is 1. The average molecular weight is 355 g/mol. The lowest BCUT2D eigenvalue weighted by Crippen LogP contribution is -2.35. The third-order valence-corrected chi connectivity index (χ3v) is 5.26. The maximum absolute atomic E-state index is 11.2. The van der Waals surface area contributed by atoms with Gasteiger partial charge in [0.25, 0.3) is 0 Å². The van der Waals surface area contributed by atoms with Gasteiger partial charge < -0.3 is 9.80 Å². The van der Waals surface area contributed by atoms with Crippen LogP contribution < -0.4 is 0 Å². The molecule has 23 heavy (non-hydrogen) atoms. The van der Waals surface area contributed by atoms with E-state index in [0.29, 0.717) is 5.75 Å². The van der Waals surface area contributed by atoms with Crippen molar-refractivity contribution in [3.05, 3.63) is 47.8 Å². The highest BCUT2D eigenvalue weighted by atomic mass is 35.5. The third-order valence-electron chi connectivity index (χ3n) is 3.78. The zero-order valence-electron chi connectivity index (χ0n) is 14.2. The summed E-state index contributed by atoms with van der Waals surface area (Å²) in [6.45, 7) is 4.84. The number of carbonyl (C=O) groups excluding carboxylic acids is 1. The first-order valence-electron chi connectivity index (χ1n) is 7.95. The van der Waals surface area contributed by atoms with Gasteiger partial charge in [-0.15, -0.1) is 24.2 Å². The van der Waals surface area contributed by atoms with Gasteiger partial charge in [0.2, 0.25) is 0 Å². The van der Waals surface area contributed by atoms with Gasteiger partial charge in [0.05, 0.1) is 5.75 Å². The Kier molecular flexibility index (Phi) is 8.56. The van der Waals surface area contributed by atoms with Crippen LogP contribution in [0.2, 0.25) is 0 Å². The molecular weight excluding hydrogens is 328 g/mol. The fourth-order valence-corrected chi connectivity index (χ4v) is 3.64. The van der Waals surface area contributed by atoms with Crippen LogP contribution in [0.1, 0.15) is 31.4 Å². The number of carbonyl (C=O) groups is 1. The first kappa shape index (κ1) is 19.9. The number of benzene rings is 1. The lowest BCUT2D eigenvalue weighted by Gasteiger charge is -2.29. The minimum atomic E-state index is 0. The predicted molar refractivity (Wildman–Crippen MR) is 102 cm³/mol. The molecule has 0 aliphatic carbocycles. The number of halogens is 1. The summed E-state index contributed by atoms with van der Waals surface area (Å²) < 4.78 is 0. The summed E-state index contributed by atoms with van der Waals surface area (Å²) in [5.74, 6) is 0.801. The van der Waals surface area contributed by atoms with Crippen LogP contribution in [-0.4, -0.2) is 40.4 Å². The quantitative estimate of drug-likeness (QED) is 0.705. The molecule has 0 saturated carbocycles. The number of nitrogens with zero attached hydrogens (tertiary/aromatic N) is 2. The van der Waals surface area contributed by atoms with Crippen LogP contribution in [0.3, 0.4) is 0 Å². The second kappa shape index (κ2) is 9.89. The van der Waals surface area contributed by atoms with Crippen LogP contribution >= 0.6 is 24.2 Å². The molecule has 0 bridgehead atoms. The number of hydrogen-bond acceptors (Lipinski definition) is 4. The molecule has 0 spiro atoms. The van der Waals surface area contributed by atoms with E-state index in [0.717, 1.165) is 19.4 Å². The molecule has 1 aromatic carbocycles. The number of hydrogen-bond donors (Lipinski definition) is 0. The molecule has 1 heterocycles. The molecule has 5 heteroatoms. The minimum absolute atomic E-state index is 0. The molecule has 0 N–H and O–H groups in total.